The van der Waals surface area contributed by atoms with E-state index in [1.165, 1.54) is 0 Å². The summed E-state index contributed by atoms with van der Waals surface area (Å²) in [6, 6.07) is 0.188. The summed E-state index contributed by atoms with van der Waals surface area (Å²) in [7, 11) is 0. The second kappa shape index (κ2) is 4.47. The summed E-state index contributed by atoms with van der Waals surface area (Å²) < 4.78 is 8.23. The molecular formula is C10H16N2O2S. The zero-order valence-corrected chi connectivity index (χ0v) is 9.59. The molecule has 84 valence electrons. The normalized spacial score (nSPS) is 23.2. The molecule has 0 aromatic carbocycles. The summed E-state index contributed by atoms with van der Waals surface area (Å²) in [6.45, 7) is 2.92. The maximum Gasteiger partial charge on any atom is 0.177 e. The summed E-state index contributed by atoms with van der Waals surface area (Å²) >= 11 is 5.19. The lowest BCUT2D eigenvalue weighted by Crippen LogP contribution is -2.22. The van der Waals surface area contributed by atoms with Gasteiger partial charge in [0.25, 0.3) is 0 Å². The minimum atomic E-state index is 0.00417. The molecule has 0 radical (unpaired) electrons. The fourth-order valence-corrected chi connectivity index (χ4v) is 2.47. The molecule has 0 saturated carbocycles. The van der Waals surface area contributed by atoms with Crippen molar-refractivity contribution in [3.8, 4) is 0 Å². The predicted molar refractivity (Wildman–Crippen MR) is 59.2 cm³/mol. The Morgan fingerprint density at radius 3 is 3.20 bits per heavy atom. The van der Waals surface area contributed by atoms with Crippen molar-refractivity contribution >= 4 is 12.2 Å². The number of aliphatic hydroxyl groups excluding tert-OH is 1. The molecule has 5 heteroatoms. The molecular weight excluding hydrogens is 212 g/mol. The van der Waals surface area contributed by atoms with Gasteiger partial charge in [-0.2, -0.15) is 0 Å². The Balaban J connectivity index is 2.26. The molecule has 2 unspecified atom stereocenters. The van der Waals surface area contributed by atoms with Gasteiger partial charge in [-0.1, -0.05) is 0 Å². The van der Waals surface area contributed by atoms with Crippen LogP contribution in [0.2, 0.25) is 0 Å². The number of aliphatic hydroxyl groups is 1. The number of hydrogen-bond acceptors (Lipinski definition) is 3. The second-order valence-corrected chi connectivity index (χ2v) is 4.29. The van der Waals surface area contributed by atoms with Gasteiger partial charge in [0, 0.05) is 12.8 Å². The molecule has 2 rings (SSSR count). The van der Waals surface area contributed by atoms with Gasteiger partial charge in [0.2, 0.25) is 0 Å². The molecule has 2 heterocycles. The van der Waals surface area contributed by atoms with Crippen molar-refractivity contribution in [3.63, 3.8) is 0 Å². The largest absolute Gasteiger partial charge is 0.390 e. The molecule has 2 N–H and O–H groups in total. The quantitative estimate of drug-likeness (QED) is 0.775. The fraction of sp³-hybridized carbons (Fsp3) is 0.700. The highest BCUT2D eigenvalue weighted by Gasteiger charge is 2.25. The maximum absolute atomic E-state index is 9.20. The van der Waals surface area contributed by atoms with E-state index in [4.69, 9.17) is 17.0 Å². The molecule has 1 aliphatic rings. The van der Waals surface area contributed by atoms with Crippen molar-refractivity contribution < 1.29 is 9.84 Å². The van der Waals surface area contributed by atoms with E-state index >= 15 is 0 Å². The van der Waals surface area contributed by atoms with Crippen LogP contribution in [0.3, 0.4) is 0 Å². The predicted octanol–water partition coefficient (Wildman–Crippen LogP) is 1.78. The van der Waals surface area contributed by atoms with E-state index in [0.29, 0.717) is 4.77 Å². The van der Waals surface area contributed by atoms with Crippen LogP contribution in [0.1, 0.15) is 31.5 Å². The highest BCUT2D eigenvalue weighted by Crippen LogP contribution is 2.25. The number of nitrogens with one attached hydrogen (secondary N) is 1. The minimum absolute atomic E-state index is 0.00417. The molecule has 2 atom stereocenters. The topological polar surface area (TPSA) is 50.2 Å². The number of hydrogen-bond donors (Lipinski definition) is 2. The van der Waals surface area contributed by atoms with E-state index in [9.17, 15) is 5.11 Å². The summed E-state index contributed by atoms with van der Waals surface area (Å²) in [5, 5.41) is 9.20. The first-order valence-corrected chi connectivity index (χ1v) is 5.66. The molecule has 1 aromatic rings. The van der Waals surface area contributed by atoms with Gasteiger partial charge >= 0.3 is 0 Å². The van der Waals surface area contributed by atoms with Crippen LogP contribution in [0.25, 0.3) is 0 Å². The summed E-state index contributed by atoms with van der Waals surface area (Å²) in [5.74, 6) is 0. The first-order valence-electron chi connectivity index (χ1n) is 5.25. The average molecular weight is 228 g/mol. The Kier molecular flexibility index (Phi) is 3.23. The van der Waals surface area contributed by atoms with Crippen LogP contribution in [0.15, 0.2) is 6.20 Å². The number of aromatic nitrogens is 2. The number of imidazole rings is 1. The maximum atomic E-state index is 9.20. The summed E-state index contributed by atoms with van der Waals surface area (Å²) in [4.78, 5) is 2.95. The average Bonchev–Trinajstić information content (AvgIpc) is 2.85. The minimum Gasteiger partial charge on any atom is -0.390 e. The van der Waals surface area contributed by atoms with Crippen molar-refractivity contribution in [2.75, 3.05) is 6.61 Å². The van der Waals surface area contributed by atoms with E-state index in [2.05, 4.69) is 11.9 Å². The van der Waals surface area contributed by atoms with Crippen molar-refractivity contribution in [3.05, 3.63) is 16.7 Å². The van der Waals surface area contributed by atoms with Gasteiger partial charge in [-0.15, -0.1) is 0 Å². The fourth-order valence-electron chi connectivity index (χ4n) is 2.13. The van der Waals surface area contributed by atoms with Gasteiger partial charge in [0.1, 0.15) is 0 Å². The summed E-state index contributed by atoms with van der Waals surface area (Å²) in [6.07, 6.45) is 4.16. The smallest absolute Gasteiger partial charge is 0.177 e. The monoisotopic (exact) mass is 228 g/mol. The number of nitrogens with zero attached hydrogens (tertiary/aromatic N) is 1. The van der Waals surface area contributed by atoms with E-state index in [-0.39, 0.29) is 18.8 Å². The van der Waals surface area contributed by atoms with Crippen molar-refractivity contribution in [2.45, 2.75) is 38.5 Å². The Hall–Kier alpha value is -0.650. The van der Waals surface area contributed by atoms with Crippen LogP contribution >= 0.6 is 12.2 Å². The van der Waals surface area contributed by atoms with Gasteiger partial charge in [0.05, 0.1) is 24.4 Å². The van der Waals surface area contributed by atoms with Crippen molar-refractivity contribution in [2.24, 2.45) is 0 Å². The third-order valence-corrected chi connectivity index (χ3v) is 3.28. The number of H-pyrrole nitrogens is 1. The molecule has 0 bridgehead atoms. The molecule has 4 nitrogen and oxygen atoms in total. The second-order valence-electron chi connectivity index (χ2n) is 3.91. The number of ether oxygens (including phenoxy) is 1. The molecule has 0 aliphatic carbocycles. The lowest BCUT2D eigenvalue weighted by molar-refractivity contribution is 0.0706. The molecule has 1 aromatic heterocycles. The molecule has 0 amide bonds. The lowest BCUT2D eigenvalue weighted by Gasteiger charge is -2.21. The van der Waals surface area contributed by atoms with Crippen LogP contribution in [0.5, 0.6) is 0 Å². The third-order valence-electron chi connectivity index (χ3n) is 2.96. The first-order chi connectivity index (χ1) is 7.24. The Morgan fingerprint density at radius 2 is 2.60 bits per heavy atom. The number of aromatic amines is 1. The highest BCUT2D eigenvalue weighted by molar-refractivity contribution is 7.71. The van der Waals surface area contributed by atoms with Crippen LogP contribution in [-0.2, 0) is 11.3 Å². The molecule has 1 saturated heterocycles. The molecule has 1 fully saturated rings. The van der Waals surface area contributed by atoms with Gasteiger partial charge in [-0.3, -0.25) is 0 Å². The van der Waals surface area contributed by atoms with Crippen LogP contribution in [-0.4, -0.2) is 27.4 Å². The van der Waals surface area contributed by atoms with Crippen LogP contribution in [0, 0.1) is 4.77 Å². The third kappa shape index (κ3) is 2.00. The molecule has 1 aliphatic heterocycles. The summed E-state index contributed by atoms with van der Waals surface area (Å²) in [5.41, 5.74) is 0.822. The number of rotatable bonds is 3. The van der Waals surface area contributed by atoms with Crippen molar-refractivity contribution in [1.82, 2.24) is 9.55 Å². The Morgan fingerprint density at radius 1 is 1.80 bits per heavy atom. The van der Waals surface area contributed by atoms with Gasteiger partial charge in [0.15, 0.2) is 4.77 Å². The van der Waals surface area contributed by atoms with Gasteiger partial charge in [-0.05, 0) is 32.0 Å². The van der Waals surface area contributed by atoms with Crippen LogP contribution < -0.4 is 0 Å². The van der Waals surface area contributed by atoms with Gasteiger partial charge in [-0.25, -0.2) is 0 Å². The SMILES string of the molecule is CC(C1CCCO1)n1c(CO)c[nH]c1=S. The van der Waals surface area contributed by atoms with Crippen LogP contribution in [0.4, 0.5) is 0 Å². The van der Waals surface area contributed by atoms with E-state index in [0.717, 1.165) is 25.1 Å². The zero-order valence-electron chi connectivity index (χ0n) is 8.77. The van der Waals surface area contributed by atoms with Gasteiger partial charge < -0.3 is 19.4 Å². The van der Waals surface area contributed by atoms with E-state index in [1.807, 2.05) is 4.57 Å². The highest BCUT2D eigenvalue weighted by atomic mass is 32.1. The van der Waals surface area contributed by atoms with E-state index < -0.39 is 0 Å². The lowest BCUT2D eigenvalue weighted by atomic mass is 10.1. The van der Waals surface area contributed by atoms with E-state index in [1.54, 1.807) is 6.20 Å². The molecule has 15 heavy (non-hydrogen) atoms. The standard InChI is InChI=1S/C10H16N2O2S/c1-7(9-3-2-4-14-9)12-8(6-13)5-11-10(12)15/h5,7,9,13H,2-4,6H2,1H3,(H,11,15). The zero-order chi connectivity index (χ0) is 10.8. The van der Waals surface area contributed by atoms with Crippen molar-refractivity contribution in [1.29, 1.82) is 0 Å². The molecule has 0 spiro atoms. The Labute approximate surface area is 93.9 Å². The Bertz CT molecular complexity index is 379. The first kappa shape index (κ1) is 10.9.